The molecule has 6 aromatic rings. The monoisotopic (exact) mass is 1480 g/mol. The predicted octanol–water partition coefficient (Wildman–Crippen LogP) is 27.5. The lowest BCUT2D eigenvalue weighted by atomic mass is 9.49. The molecule has 0 atom stereocenters. The van der Waals surface area contributed by atoms with E-state index in [4.69, 9.17) is 29.3 Å². The highest BCUT2D eigenvalue weighted by Crippen LogP contribution is 2.44. The summed E-state index contributed by atoms with van der Waals surface area (Å²) in [5.74, 6) is 1.81. The Kier molecular flexibility index (Phi) is 61.1. The summed E-state index contributed by atoms with van der Waals surface area (Å²) in [7, 11) is -2.02. The smallest absolute Gasteiger partial charge is 0.405 e. The van der Waals surface area contributed by atoms with Crippen LogP contribution < -0.4 is 0 Å². The van der Waals surface area contributed by atoms with E-state index in [-0.39, 0.29) is 77.9 Å². The average molecular weight is 1490 g/mol. The van der Waals surface area contributed by atoms with Crippen molar-refractivity contribution in [2.45, 2.75) is 290 Å². The van der Waals surface area contributed by atoms with Gasteiger partial charge in [0.05, 0.1) is 42.1 Å². The Balaban J connectivity index is -0.000000153. The number of halogens is 3. The van der Waals surface area contributed by atoms with E-state index >= 15 is 0 Å². The molecule has 0 unspecified atom stereocenters. The number of fused-ring (bicyclic) bond motifs is 9. The number of rotatable bonds is 1. The number of alkyl halides is 3. The molecule has 3 heterocycles. The Morgan fingerprint density at radius 3 is 0.585 bits per heavy atom. The first kappa shape index (κ1) is 104. The second kappa shape index (κ2) is 55.3. The van der Waals surface area contributed by atoms with Crippen molar-refractivity contribution in [3.63, 3.8) is 0 Å². The van der Waals surface area contributed by atoms with Gasteiger partial charge in [-0.05, 0) is 186 Å². The zero-order valence-electron chi connectivity index (χ0n) is 62.4. The average Bonchev–Trinajstić information content (AvgIpc) is 1.60. The van der Waals surface area contributed by atoms with Crippen molar-refractivity contribution in [2.75, 3.05) is 17.4 Å². The summed E-state index contributed by atoms with van der Waals surface area (Å²) in [6.45, 7) is 56.7. The molecule has 6 aromatic carbocycles. The van der Waals surface area contributed by atoms with Gasteiger partial charge in [-0.25, -0.2) is 0 Å². The van der Waals surface area contributed by atoms with Crippen molar-refractivity contribution in [1.82, 2.24) is 0 Å². The lowest BCUT2D eigenvalue weighted by Crippen LogP contribution is -2.41. The molecule has 94 heavy (non-hydrogen) atoms. The molecule has 12 heteroatoms. The van der Waals surface area contributed by atoms with Gasteiger partial charge in [-0.2, -0.15) is 0 Å². The van der Waals surface area contributed by atoms with E-state index in [1.807, 2.05) is 151 Å². The van der Waals surface area contributed by atoms with Crippen molar-refractivity contribution in [3.8, 4) is 33.4 Å². The molecule has 0 N–H and O–H groups in total. The first-order chi connectivity index (χ1) is 42.8. The highest BCUT2D eigenvalue weighted by Gasteiger charge is 2.63. The third-order valence-electron chi connectivity index (χ3n) is 15.3. The molecule has 538 valence electrons. The van der Waals surface area contributed by atoms with E-state index in [0.717, 1.165) is 19.3 Å². The SMILES string of the molecule is C.C.C.C.C.CB1OC(C)(C)C(C)(C)O1.CBr.CC.CC.CC.CC.CC.CC.CC1(C)OB(B2OC(C)(C)C(C)(C)O2)OC1(C)C.CCC.CCI.[2H]CF.c1ccc2c(c1)Cc1ccccc1-2.c1ccc2c(c1)Cc1ccccc1-2.c1ccc2c(c1)Cc1ccccc1-2. The molecule has 0 radical (unpaired) electrons. The molecule has 0 bridgehead atoms. The molecular weight excluding hydrogens is 1340 g/mol. The van der Waals surface area contributed by atoms with Gasteiger partial charge < -0.3 is 27.9 Å². The van der Waals surface area contributed by atoms with Crippen LogP contribution in [0.2, 0.25) is 6.82 Å². The molecule has 0 saturated carbocycles. The minimum absolute atomic E-state index is 0. The normalized spacial score (nSPS) is 15.4. The number of hydrogen-bond acceptors (Lipinski definition) is 6. The lowest BCUT2D eigenvalue weighted by Gasteiger charge is -2.32. The maximum Gasteiger partial charge on any atom is 0.488 e. The predicted molar refractivity (Wildman–Crippen MR) is 442 cm³/mol. The van der Waals surface area contributed by atoms with E-state index in [9.17, 15) is 4.39 Å². The van der Waals surface area contributed by atoms with Gasteiger partial charge in [-0.3, -0.25) is 4.39 Å². The van der Waals surface area contributed by atoms with Crippen LogP contribution in [0.15, 0.2) is 146 Å². The van der Waals surface area contributed by atoms with Crippen molar-refractivity contribution < 1.29 is 33.7 Å². The summed E-state index contributed by atoms with van der Waals surface area (Å²) in [4.78, 5) is 0. The fourth-order valence-electron chi connectivity index (χ4n) is 9.38. The fraction of sp³-hybridized carbons (Fsp3) is 0.561. The summed E-state index contributed by atoms with van der Waals surface area (Å²) < 4.78 is 51.7. The van der Waals surface area contributed by atoms with Crippen LogP contribution in [0.3, 0.4) is 0 Å². The molecule has 0 aromatic heterocycles. The van der Waals surface area contributed by atoms with Gasteiger partial charge in [0.15, 0.2) is 0 Å². The zero-order chi connectivity index (χ0) is 70.1. The number of hydrogen-bond donors (Lipinski definition) is 0. The minimum Gasteiger partial charge on any atom is -0.405 e. The Bertz CT molecular complexity index is 2360. The first-order valence-corrected chi connectivity index (χ1v) is 36.3. The summed E-state index contributed by atoms with van der Waals surface area (Å²) in [5, 5.41) is 0. The molecule has 6 nitrogen and oxygen atoms in total. The van der Waals surface area contributed by atoms with E-state index in [2.05, 4.69) is 233 Å². The van der Waals surface area contributed by atoms with Crippen molar-refractivity contribution >= 4 is 59.7 Å². The Labute approximate surface area is 609 Å². The van der Waals surface area contributed by atoms with Crippen LogP contribution in [0.4, 0.5) is 4.39 Å². The van der Waals surface area contributed by atoms with Crippen molar-refractivity contribution in [2.24, 2.45) is 0 Å². The van der Waals surface area contributed by atoms with Crippen LogP contribution in [0.25, 0.3) is 33.4 Å². The van der Waals surface area contributed by atoms with Crippen LogP contribution in [-0.4, -0.2) is 72.2 Å². The Morgan fingerprint density at radius 1 is 0.351 bits per heavy atom. The zero-order valence-corrected chi connectivity index (χ0v) is 65.2. The highest BCUT2D eigenvalue weighted by molar-refractivity contribution is 14.1. The van der Waals surface area contributed by atoms with Gasteiger partial charge in [0.25, 0.3) is 0 Å². The van der Waals surface area contributed by atoms with Crippen LogP contribution in [-0.2, 0) is 47.2 Å². The molecular formula is C82H144B3BrFIO6. The molecule has 3 fully saturated rings. The highest BCUT2D eigenvalue weighted by atomic mass is 127. The topological polar surface area (TPSA) is 55.4 Å². The summed E-state index contributed by atoms with van der Waals surface area (Å²) in [6, 6.07) is 51.9. The quantitative estimate of drug-likeness (QED) is 0.0927. The minimum atomic E-state index is -1.00. The molecule has 0 spiro atoms. The molecule has 12 rings (SSSR count). The van der Waals surface area contributed by atoms with Crippen molar-refractivity contribution in [1.29, 1.82) is 0 Å². The fourth-order valence-corrected chi connectivity index (χ4v) is 9.38. The maximum atomic E-state index is 9.96. The van der Waals surface area contributed by atoms with Crippen LogP contribution in [0.5, 0.6) is 0 Å². The molecule has 3 saturated heterocycles. The van der Waals surface area contributed by atoms with Gasteiger partial charge >= 0.3 is 21.1 Å². The van der Waals surface area contributed by atoms with Crippen LogP contribution in [0.1, 0.15) is 265 Å². The van der Waals surface area contributed by atoms with Gasteiger partial charge in [-0.1, -0.05) is 332 Å². The standard InChI is InChI=1S/3C13H10.C12H24B2O4.C7H15BO2.C3H8.C2H5I.6C2H6.CH3Br.CH3F.5CH4/c3*1-3-7-12-10(5-1)9-11-6-2-4-8-13(11)12;1-9(2)10(3,4)16-13(15-9)14-17-11(5,6)12(7,8)18-14;1-6(2)7(3,4)10-8(5)9-6;1-3-2;1-2-3;8*1-2;;;;;/h3*1-8H,9H2;1-8H3;1-5H3;3H2,1-2H3;2H2,1H3;6*1-2H3;2*1H3;5*1H4/i;;;;;;;;;;;;;;1D;;;;;. The Hall–Kier alpha value is -3.59. The van der Waals surface area contributed by atoms with E-state index < -0.39 is 21.2 Å². The molecule has 3 aliphatic carbocycles. The molecule has 3 aliphatic heterocycles. The third kappa shape index (κ3) is 31.1. The summed E-state index contributed by atoms with van der Waals surface area (Å²) in [6.07, 6.45) is 4.56. The first-order valence-electron chi connectivity index (χ1n) is 33.9. The molecule has 0 amide bonds. The second-order valence-corrected chi connectivity index (χ2v) is 24.0. The van der Waals surface area contributed by atoms with Gasteiger partial charge in [0, 0.05) is 0 Å². The largest absolute Gasteiger partial charge is 0.488 e. The van der Waals surface area contributed by atoms with Crippen molar-refractivity contribution in [3.05, 3.63) is 179 Å². The van der Waals surface area contributed by atoms with E-state index in [1.54, 1.807) is 0 Å². The molecule has 6 aliphatic rings. The third-order valence-corrected chi connectivity index (χ3v) is 15.3. The van der Waals surface area contributed by atoms with Gasteiger partial charge in [0.2, 0.25) is 0 Å². The van der Waals surface area contributed by atoms with Crippen LogP contribution in [0, 0.1) is 0 Å². The van der Waals surface area contributed by atoms with E-state index in [0.29, 0.717) is 0 Å². The lowest BCUT2D eigenvalue weighted by molar-refractivity contribution is 0.00578. The van der Waals surface area contributed by atoms with Gasteiger partial charge in [0.1, 0.15) is 0 Å². The Morgan fingerprint density at radius 2 is 0.468 bits per heavy atom. The van der Waals surface area contributed by atoms with Gasteiger partial charge in [-0.15, -0.1) is 0 Å². The summed E-state index contributed by atoms with van der Waals surface area (Å²) >= 11 is 5.23. The van der Waals surface area contributed by atoms with E-state index in [1.165, 1.54) is 77.6 Å². The summed E-state index contributed by atoms with van der Waals surface area (Å²) in [5.41, 5.74) is 15.5. The van der Waals surface area contributed by atoms with Crippen LogP contribution >= 0.6 is 38.5 Å². The number of benzene rings is 6. The second-order valence-electron chi connectivity index (χ2n) is 22.5. The maximum absolute atomic E-state index is 9.96.